The van der Waals surface area contributed by atoms with Gasteiger partial charge in [-0.2, -0.15) is 0 Å². The topological polar surface area (TPSA) is 107 Å². The van der Waals surface area contributed by atoms with Gasteiger partial charge in [-0.05, 0) is 30.3 Å². The van der Waals surface area contributed by atoms with E-state index in [1.807, 2.05) is 6.92 Å². The smallest absolute Gasteiger partial charge is 0.261 e. The third-order valence-electron chi connectivity index (χ3n) is 2.35. The van der Waals surface area contributed by atoms with E-state index in [0.717, 1.165) is 11.3 Å². The van der Waals surface area contributed by atoms with Gasteiger partial charge in [0.1, 0.15) is 5.75 Å². The van der Waals surface area contributed by atoms with Gasteiger partial charge in [0, 0.05) is 5.69 Å². The standard InChI is InChI=1S/C12H12N4O3S/c1-2-19-9-4-3-7(13)5-8(9)11(17)15-12-14-6-10(16-18)20-12/h3-6H,2,13H2,1H3,(H,14,15,17). The molecule has 20 heavy (non-hydrogen) atoms. The summed E-state index contributed by atoms with van der Waals surface area (Å²) in [6.45, 7) is 2.25. The fourth-order valence-electron chi connectivity index (χ4n) is 1.54. The SMILES string of the molecule is CCOc1ccc(N)cc1C(=O)Nc1ncc(N=O)s1. The van der Waals surface area contributed by atoms with Gasteiger partial charge in [-0.3, -0.25) is 10.1 Å². The summed E-state index contributed by atoms with van der Waals surface area (Å²) in [5.41, 5.74) is 6.44. The Morgan fingerprint density at radius 3 is 3.00 bits per heavy atom. The van der Waals surface area contributed by atoms with E-state index in [1.165, 1.54) is 12.3 Å². The van der Waals surface area contributed by atoms with Crippen LogP contribution in [0.15, 0.2) is 29.6 Å². The van der Waals surface area contributed by atoms with Crippen molar-refractivity contribution in [1.29, 1.82) is 0 Å². The van der Waals surface area contributed by atoms with Gasteiger partial charge in [0.2, 0.25) is 0 Å². The number of anilines is 2. The zero-order valence-electron chi connectivity index (χ0n) is 10.6. The quantitative estimate of drug-likeness (QED) is 0.651. The molecule has 0 unspecified atom stereocenters. The number of amides is 1. The molecule has 0 spiro atoms. The number of ether oxygens (including phenoxy) is 1. The second-order valence-corrected chi connectivity index (χ2v) is 4.75. The molecule has 0 aliphatic heterocycles. The van der Waals surface area contributed by atoms with Gasteiger partial charge in [0.15, 0.2) is 10.1 Å². The largest absolute Gasteiger partial charge is 0.493 e. The predicted molar refractivity (Wildman–Crippen MR) is 77.5 cm³/mol. The molecule has 0 atom stereocenters. The van der Waals surface area contributed by atoms with E-state index in [2.05, 4.69) is 15.5 Å². The maximum atomic E-state index is 12.2. The number of hydrogen-bond donors (Lipinski definition) is 2. The highest BCUT2D eigenvalue weighted by Gasteiger charge is 2.15. The molecule has 0 aliphatic carbocycles. The van der Waals surface area contributed by atoms with Crippen LogP contribution in [0.3, 0.4) is 0 Å². The van der Waals surface area contributed by atoms with Crippen LogP contribution in [0.1, 0.15) is 17.3 Å². The Morgan fingerprint density at radius 2 is 2.35 bits per heavy atom. The normalized spacial score (nSPS) is 10.1. The number of nitrogen functional groups attached to an aromatic ring is 1. The Labute approximate surface area is 118 Å². The van der Waals surface area contributed by atoms with Crippen molar-refractivity contribution in [3.63, 3.8) is 0 Å². The number of nitrogens with two attached hydrogens (primary N) is 1. The van der Waals surface area contributed by atoms with Crippen molar-refractivity contribution in [1.82, 2.24) is 4.98 Å². The maximum absolute atomic E-state index is 12.2. The Balaban J connectivity index is 2.23. The fourth-order valence-corrected chi connectivity index (χ4v) is 2.13. The van der Waals surface area contributed by atoms with Crippen LogP contribution in [-0.2, 0) is 0 Å². The molecule has 0 saturated heterocycles. The molecule has 2 aromatic rings. The number of carbonyl (C=O) groups excluding carboxylic acids is 1. The van der Waals surface area contributed by atoms with Gasteiger partial charge in [0.05, 0.1) is 18.4 Å². The molecule has 7 nitrogen and oxygen atoms in total. The fraction of sp³-hybridized carbons (Fsp3) is 0.167. The van der Waals surface area contributed by atoms with Gasteiger partial charge >= 0.3 is 0 Å². The minimum atomic E-state index is -0.410. The van der Waals surface area contributed by atoms with Gasteiger partial charge in [-0.25, -0.2) is 4.98 Å². The molecule has 1 heterocycles. The molecule has 1 aromatic carbocycles. The van der Waals surface area contributed by atoms with E-state index < -0.39 is 5.91 Å². The molecular formula is C12H12N4O3S. The summed E-state index contributed by atoms with van der Waals surface area (Å²) >= 11 is 0.985. The first-order valence-corrected chi connectivity index (χ1v) is 6.58. The highest BCUT2D eigenvalue weighted by molar-refractivity contribution is 7.19. The Kier molecular flexibility index (Phi) is 4.26. The monoisotopic (exact) mass is 292 g/mol. The Bertz CT molecular complexity index is 641. The second kappa shape index (κ2) is 6.11. The zero-order chi connectivity index (χ0) is 14.5. The number of aromatic nitrogens is 1. The number of nitrogens with one attached hydrogen (secondary N) is 1. The lowest BCUT2D eigenvalue weighted by molar-refractivity contribution is 0.102. The molecule has 2 rings (SSSR count). The van der Waals surface area contributed by atoms with Crippen LogP contribution in [-0.4, -0.2) is 17.5 Å². The lowest BCUT2D eigenvalue weighted by atomic mass is 10.1. The molecular weight excluding hydrogens is 280 g/mol. The van der Waals surface area contributed by atoms with Gasteiger partial charge < -0.3 is 10.5 Å². The van der Waals surface area contributed by atoms with Gasteiger partial charge in [-0.1, -0.05) is 11.3 Å². The molecule has 8 heteroatoms. The van der Waals surface area contributed by atoms with Crippen molar-refractivity contribution < 1.29 is 9.53 Å². The zero-order valence-corrected chi connectivity index (χ0v) is 11.4. The number of rotatable bonds is 5. The van der Waals surface area contributed by atoms with Crippen molar-refractivity contribution in [2.24, 2.45) is 5.18 Å². The van der Waals surface area contributed by atoms with Crippen LogP contribution in [0, 0.1) is 4.91 Å². The van der Waals surface area contributed by atoms with Crippen molar-refractivity contribution >= 4 is 33.1 Å². The first kappa shape index (κ1) is 13.9. The molecule has 0 saturated carbocycles. The highest BCUT2D eigenvalue weighted by atomic mass is 32.1. The summed E-state index contributed by atoms with van der Waals surface area (Å²) in [4.78, 5) is 26.4. The average Bonchev–Trinajstić information content (AvgIpc) is 2.88. The lowest BCUT2D eigenvalue weighted by Gasteiger charge is -2.10. The van der Waals surface area contributed by atoms with Crippen LogP contribution in [0.2, 0.25) is 0 Å². The maximum Gasteiger partial charge on any atom is 0.261 e. The molecule has 1 aromatic heterocycles. The van der Waals surface area contributed by atoms with Crippen molar-refractivity contribution in [2.75, 3.05) is 17.7 Å². The average molecular weight is 292 g/mol. The van der Waals surface area contributed by atoms with Crippen LogP contribution < -0.4 is 15.8 Å². The van der Waals surface area contributed by atoms with E-state index >= 15 is 0 Å². The van der Waals surface area contributed by atoms with Crippen molar-refractivity contribution in [3.05, 3.63) is 34.9 Å². The van der Waals surface area contributed by atoms with E-state index in [9.17, 15) is 9.70 Å². The van der Waals surface area contributed by atoms with Crippen molar-refractivity contribution in [3.8, 4) is 5.75 Å². The van der Waals surface area contributed by atoms with E-state index in [4.69, 9.17) is 10.5 Å². The van der Waals surface area contributed by atoms with Crippen LogP contribution in [0.25, 0.3) is 0 Å². The number of benzene rings is 1. The first-order chi connectivity index (χ1) is 9.63. The predicted octanol–water partition coefficient (Wildman–Crippen LogP) is 2.77. The molecule has 0 radical (unpaired) electrons. The second-order valence-electron chi connectivity index (χ2n) is 3.74. The summed E-state index contributed by atoms with van der Waals surface area (Å²) in [5, 5.41) is 5.79. The number of thiazole rings is 1. The highest BCUT2D eigenvalue weighted by Crippen LogP contribution is 2.27. The number of nitroso groups, excluding NO2 is 1. The Hall–Kier alpha value is -2.48. The first-order valence-electron chi connectivity index (χ1n) is 5.77. The van der Waals surface area contributed by atoms with Crippen LogP contribution in [0.5, 0.6) is 5.75 Å². The summed E-state index contributed by atoms with van der Waals surface area (Å²) in [6.07, 6.45) is 1.29. The summed E-state index contributed by atoms with van der Waals surface area (Å²) in [6, 6.07) is 4.81. The third-order valence-corrected chi connectivity index (χ3v) is 3.14. The van der Waals surface area contributed by atoms with Crippen LogP contribution in [0.4, 0.5) is 15.8 Å². The molecule has 0 aliphatic rings. The molecule has 3 N–H and O–H groups in total. The summed E-state index contributed by atoms with van der Waals surface area (Å²) in [5.74, 6) is 0.0250. The minimum Gasteiger partial charge on any atom is -0.493 e. The molecule has 1 amide bonds. The molecule has 0 fully saturated rings. The third kappa shape index (κ3) is 3.09. The van der Waals surface area contributed by atoms with E-state index in [0.29, 0.717) is 23.6 Å². The lowest BCUT2D eigenvalue weighted by Crippen LogP contribution is -2.14. The van der Waals surface area contributed by atoms with Crippen LogP contribution >= 0.6 is 11.3 Å². The Morgan fingerprint density at radius 1 is 1.55 bits per heavy atom. The molecule has 0 bridgehead atoms. The van der Waals surface area contributed by atoms with Crippen molar-refractivity contribution in [2.45, 2.75) is 6.92 Å². The number of nitrogens with zero attached hydrogens (tertiary/aromatic N) is 2. The van der Waals surface area contributed by atoms with Gasteiger partial charge in [0.25, 0.3) is 5.91 Å². The minimum absolute atomic E-state index is 0.193. The van der Waals surface area contributed by atoms with E-state index in [-0.39, 0.29) is 10.1 Å². The van der Waals surface area contributed by atoms with E-state index in [1.54, 1.807) is 12.1 Å². The summed E-state index contributed by atoms with van der Waals surface area (Å²) in [7, 11) is 0. The summed E-state index contributed by atoms with van der Waals surface area (Å²) < 4.78 is 5.38. The van der Waals surface area contributed by atoms with Gasteiger partial charge in [-0.15, -0.1) is 4.91 Å². The molecule has 104 valence electrons. The number of hydrogen-bond acceptors (Lipinski definition) is 7. The number of carbonyl (C=O) groups is 1.